The van der Waals surface area contributed by atoms with Crippen LogP contribution in [0.15, 0.2) is 298 Å². The van der Waals surface area contributed by atoms with Crippen molar-refractivity contribution in [2.45, 2.75) is 0 Å². The summed E-state index contributed by atoms with van der Waals surface area (Å²) in [5.74, 6) is -1.50. The van der Waals surface area contributed by atoms with Crippen LogP contribution in [0.1, 0.15) is 5.56 Å². The topological polar surface area (TPSA) is 85.2 Å². The highest BCUT2D eigenvalue weighted by atomic mass is 19.1. The minimum absolute atomic E-state index is 0.230. The van der Waals surface area contributed by atoms with Crippen molar-refractivity contribution in [3.05, 3.63) is 315 Å². The smallest absolute Gasteiger partial charge is 0.133 e. The fraction of sp³-hybridized carbons (Fsp3) is 0. The van der Waals surface area contributed by atoms with Crippen LogP contribution in [0.5, 0.6) is 0 Å². The zero-order valence-electron chi connectivity index (χ0n) is 48.2. The Balaban J connectivity index is 1.04. The molecule has 0 fully saturated rings. The van der Waals surface area contributed by atoms with Crippen LogP contribution in [-0.2, 0) is 0 Å². The summed E-state index contributed by atoms with van der Waals surface area (Å²) in [7, 11) is 0. The number of pyridine rings is 4. The summed E-state index contributed by atoms with van der Waals surface area (Å²) < 4.78 is 38.2. The molecular weight excluding hydrogens is 1110 g/mol. The normalized spacial score (nSPS) is 11.4. The molecule has 10 aromatic carbocycles. The van der Waals surface area contributed by atoms with E-state index >= 15 is 8.78 Å². The van der Waals surface area contributed by atoms with Gasteiger partial charge in [0.05, 0.1) is 61.8 Å². The van der Waals surface area contributed by atoms with Gasteiger partial charge < -0.3 is 9.13 Å². The molecule has 0 aliphatic carbocycles. The maximum atomic E-state index is 17.0. The Morgan fingerprint density at radius 3 is 0.844 bits per heavy atom. The molecule has 0 N–H and O–H groups in total. The maximum absolute atomic E-state index is 17.0. The molecule has 0 aliphatic rings. The molecule has 16 aromatic rings. The second-order valence-electron chi connectivity index (χ2n) is 22.3. The molecule has 6 aromatic heterocycles. The number of hydrogen-bond acceptors (Lipinski definition) is 5. The number of benzene rings is 10. The summed E-state index contributed by atoms with van der Waals surface area (Å²) in [4.78, 5) is 19.8. The molecule has 0 spiro atoms. The monoisotopic (exact) mass is 1160 g/mol. The van der Waals surface area contributed by atoms with Crippen LogP contribution in [0.4, 0.5) is 8.78 Å². The van der Waals surface area contributed by atoms with Gasteiger partial charge in [-0.05, 0) is 101 Å². The van der Waals surface area contributed by atoms with E-state index in [1.54, 1.807) is 36.9 Å². The molecule has 0 amide bonds. The molecule has 90 heavy (non-hydrogen) atoms. The van der Waals surface area contributed by atoms with Gasteiger partial charge >= 0.3 is 0 Å². The zero-order valence-corrected chi connectivity index (χ0v) is 48.2. The Hall–Kier alpha value is -12.3. The van der Waals surface area contributed by atoms with Crippen LogP contribution in [0.25, 0.3) is 156 Å². The fourth-order valence-corrected chi connectivity index (χ4v) is 13.1. The Morgan fingerprint density at radius 2 is 0.567 bits per heavy atom. The van der Waals surface area contributed by atoms with Crippen LogP contribution in [0, 0.1) is 23.0 Å². The Bertz CT molecular complexity index is 4910. The van der Waals surface area contributed by atoms with E-state index in [0.717, 1.165) is 133 Å². The number of fused-ring (bicyclic) bond motifs is 6. The van der Waals surface area contributed by atoms with Crippen LogP contribution >= 0.6 is 0 Å². The van der Waals surface area contributed by atoms with Crippen LogP contribution < -0.4 is 0 Å². The van der Waals surface area contributed by atoms with E-state index in [-0.39, 0.29) is 16.7 Å². The summed E-state index contributed by atoms with van der Waals surface area (Å²) in [5, 5.41) is 16.0. The van der Waals surface area contributed by atoms with Crippen molar-refractivity contribution in [3.8, 4) is 118 Å². The summed E-state index contributed by atoms with van der Waals surface area (Å²) in [6.07, 6.45) is 7.21. The van der Waals surface area contributed by atoms with Crippen LogP contribution in [-0.4, -0.2) is 29.1 Å². The minimum atomic E-state index is -0.750. The highest BCUT2D eigenvalue weighted by Crippen LogP contribution is 2.46. The number of nitriles is 1. The molecule has 6 heterocycles. The van der Waals surface area contributed by atoms with Gasteiger partial charge in [-0.1, -0.05) is 200 Å². The molecule has 16 rings (SSSR count). The third kappa shape index (κ3) is 9.09. The summed E-state index contributed by atoms with van der Waals surface area (Å²) in [6, 6.07) is 92.2. The average molecular weight is 1160 g/mol. The predicted octanol–water partition coefficient (Wildman–Crippen LogP) is 20.6. The third-order valence-corrected chi connectivity index (χ3v) is 17.1. The highest BCUT2D eigenvalue weighted by molar-refractivity contribution is 6.14. The van der Waals surface area contributed by atoms with Crippen molar-refractivity contribution in [3.63, 3.8) is 0 Å². The Morgan fingerprint density at radius 1 is 0.278 bits per heavy atom. The molecule has 0 unspecified atom stereocenters. The number of aromatic nitrogens is 6. The van der Waals surface area contributed by atoms with Crippen molar-refractivity contribution in [1.29, 1.82) is 5.26 Å². The second-order valence-corrected chi connectivity index (χ2v) is 22.3. The zero-order chi connectivity index (χ0) is 60.2. The first-order valence-electron chi connectivity index (χ1n) is 29.7. The van der Waals surface area contributed by atoms with Crippen molar-refractivity contribution in [2.24, 2.45) is 0 Å². The van der Waals surface area contributed by atoms with E-state index in [1.807, 2.05) is 97.1 Å². The van der Waals surface area contributed by atoms with Crippen molar-refractivity contribution in [2.75, 3.05) is 0 Å². The first-order valence-corrected chi connectivity index (χ1v) is 29.7. The van der Waals surface area contributed by atoms with Gasteiger partial charge in [0.15, 0.2) is 0 Å². The van der Waals surface area contributed by atoms with Crippen molar-refractivity contribution >= 4 is 43.6 Å². The number of nitrogens with zero attached hydrogens (tertiary/aromatic N) is 7. The van der Waals surface area contributed by atoms with E-state index in [4.69, 9.17) is 19.9 Å². The lowest BCUT2D eigenvalue weighted by atomic mass is 9.97. The molecule has 0 aliphatic heterocycles. The Labute approximate surface area is 517 Å². The molecule has 0 saturated heterocycles. The number of hydrogen-bond donors (Lipinski definition) is 0. The SMILES string of the molecule is N#Cc1c(-n2c3cc(-c4cccnc4-c4ccccc4)ccc3c3ccc(-c4cccnc4-c4ccccc4)cc32)cc(-c2c(F)cccc2F)cc1-n1c2cc(-c3cccnc3-c3ccccc3)ccc2c2ccc(-c3cccnc3-c3ccccc3)cc21. The van der Waals surface area contributed by atoms with Crippen molar-refractivity contribution in [1.82, 2.24) is 29.1 Å². The standard InChI is InChI=1S/C81H49F2N7/c82-69-30-13-31-70(83)77(69)59-48-75(89-71-44-55(60-26-14-40-85-78(60)51-18-5-1-6-19-51)32-36-64(71)65-37-33-56(45-72(65)89)61-27-15-41-86-79(61)52-20-7-2-8-21-52)68(50-84)76(49-59)90-73-46-57(62-28-16-42-87-80(62)53-22-9-3-10-23-53)34-38-66(73)67-39-35-58(47-74(67)90)63-29-17-43-88-81(63)54-24-11-4-12-25-54/h1-49H. The van der Waals surface area contributed by atoms with Gasteiger partial charge in [-0.3, -0.25) is 19.9 Å². The van der Waals surface area contributed by atoms with Gasteiger partial charge in [0.25, 0.3) is 0 Å². The largest absolute Gasteiger partial charge is 0.308 e. The lowest BCUT2D eigenvalue weighted by molar-refractivity contribution is 0.589. The molecule has 0 bridgehead atoms. The molecule has 9 heteroatoms. The van der Waals surface area contributed by atoms with E-state index in [2.05, 4.69) is 161 Å². The molecular formula is C81H49F2N7. The number of halogens is 2. The lowest BCUT2D eigenvalue weighted by Crippen LogP contribution is -2.06. The Kier molecular flexibility index (Phi) is 13.2. The van der Waals surface area contributed by atoms with E-state index in [9.17, 15) is 5.26 Å². The van der Waals surface area contributed by atoms with Gasteiger partial charge in [0.2, 0.25) is 0 Å². The van der Waals surface area contributed by atoms with Gasteiger partial charge in [-0.25, -0.2) is 8.78 Å². The van der Waals surface area contributed by atoms with Gasteiger partial charge in [-0.15, -0.1) is 0 Å². The molecule has 0 radical (unpaired) electrons. The number of rotatable bonds is 11. The van der Waals surface area contributed by atoms with E-state index in [1.165, 1.54) is 18.2 Å². The van der Waals surface area contributed by atoms with E-state index in [0.29, 0.717) is 11.4 Å². The summed E-state index contributed by atoms with van der Waals surface area (Å²) in [5.41, 5.74) is 18.3. The molecule has 7 nitrogen and oxygen atoms in total. The quantitative estimate of drug-likeness (QED) is 0.129. The average Bonchev–Trinajstić information content (AvgIpc) is 1.58. The molecule has 0 saturated carbocycles. The molecule has 0 atom stereocenters. The van der Waals surface area contributed by atoms with Crippen LogP contribution in [0.2, 0.25) is 0 Å². The van der Waals surface area contributed by atoms with Crippen molar-refractivity contribution < 1.29 is 8.78 Å². The minimum Gasteiger partial charge on any atom is -0.308 e. The first-order chi connectivity index (χ1) is 44.5. The second kappa shape index (κ2) is 22.2. The van der Waals surface area contributed by atoms with E-state index < -0.39 is 11.6 Å². The first kappa shape index (κ1) is 53.2. The highest BCUT2D eigenvalue weighted by Gasteiger charge is 2.27. The van der Waals surface area contributed by atoms with Gasteiger partial charge in [0, 0.05) is 90.8 Å². The van der Waals surface area contributed by atoms with Crippen LogP contribution in [0.3, 0.4) is 0 Å². The van der Waals surface area contributed by atoms with Gasteiger partial charge in [0.1, 0.15) is 23.3 Å². The lowest BCUT2D eigenvalue weighted by Gasteiger charge is -2.20. The summed E-state index contributed by atoms with van der Waals surface area (Å²) in [6.45, 7) is 0. The fourth-order valence-electron chi connectivity index (χ4n) is 13.1. The summed E-state index contributed by atoms with van der Waals surface area (Å²) >= 11 is 0. The molecule has 422 valence electrons. The predicted molar refractivity (Wildman–Crippen MR) is 360 cm³/mol. The third-order valence-electron chi connectivity index (χ3n) is 17.1. The maximum Gasteiger partial charge on any atom is 0.133 e. The van der Waals surface area contributed by atoms with Gasteiger partial charge in [-0.2, -0.15) is 5.26 Å².